The van der Waals surface area contributed by atoms with Gasteiger partial charge in [-0.15, -0.1) is 0 Å². The number of halogens is 4. The van der Waals surface area contributed by atoms with Crippen LogP contribution >= 0.6 is 27.5 Å². The number of hydrogen-bond acceptors (Lipinski definition) is 2. The molecule has 2 rings (SSSR count). The molecule has 106 valence electrons. The van der Waals surface area contributed by atoms with Crippen molar-refractivity contribution >= 4 is 27.5 Å². The van der Waals surface area contributed by atoms with Crippen molar-refractivity contribution in [3.05, 3.63) is 68.2 Å². The Hall–Kier alpha value is -1.01. The first-order valence-corrected chi connectivity index (χ1v) is 6.98. The third kappa shape index (κ3) is 2.86. The highest BCUT2D eigenvalue weighted by atomic mass is 79.9. The van der Waals surface area contributed by atoms with Gasteiger partial charge in [0.15, 0.2) is 0 Å². The lowest BCUT2D eigenvalue weighted by Crippen LogP contribution is -2.30. The third-order valence-electron chi connectivity index (χ3n) is 3.04. The van der Waals surface area contributed by atoms with Gasteiger partial charge in [-0.25, -0.2) is 14.2 Å². The van der Waals surface area contributed by atoms with Gasteiger partial charge in [0.1, 0.15) is 11.6 Å². The molecule has 2 nitrogen and oxygen atoms in total. The van der Waals surface area contributed by atoms with Crippen LogP contribution in [0.1, 0.15) is 22.7 Å². The topological polar surface area (TPSA) is 38.0 Å². The first-order chi connectivity index (χ1) is 9.45. The molecule has 2 aromatic rings. The molecule has 1 unspecified atom stereocenters. The molecule has 0 saturated carbocycles. The van der Waals surface area contributed by atoms with Crippen LogP contribution in [0.25, 0.3) is 0 Å². The van der Waals surface area contributed by atoms with E-state index in [0.717, 1.165) is 4.47 Å². The van der Waals surface area contributed by atoms with E-state index in [0.29, 0.717) is 16.1 Å². The second-order valence-electron chi connectivity index (χ2n) is 4.36. The van der Waals surface area contributed by atoms with Gasteiger partial charge in [-0.2, -0.15) is 0 Å². The molecule has 6 heteroatoms. The quantitative estimate of drug-likeness (QED) is 0.634. The summed E-state index contributed by atoms with van der Waals surface area (Å²) in [5, 5.41) is 0.372. The number of rotatable bonds is 3. The minimum Gasteiger partial charge on any atom is -0.271 e. The molecule has 0 radical (unpaired) electrons. The van der Waals surface area contributed by atoms with E-state index < -0.39 is 17.7 Å². The first kappa shape index (κ1) is 15.4. The van der Waals surface area contributed by atoms with Crippen molar-refractivity contribution in [1.29, 1.82) is 0 Å². The van der Waals surface area contributed by atoms with E-state index in [1.165, 1.54) is 12.1 Å². The minimum absolute atomic E-state index is 0.146. The third-order valence-corrected chi connectivity index (χ3v) is 3.88. The number of aryl methyl sites for hydroxylation is 1. The van der Waals surface area contributed by atoms with Crippen LogP contribution in [-0.2, 0) is 0 Å². The minimum atomic E-state index is -0.875. The van der Waals surface area contributed by atoms with E-state index in [2.05, 4.69) is 21.4 Å². The molecule has 0 aliphatic carbocycles. The van der Waals surface area contributed by atoms with Crippen LogP contribution < -0.4 is 11.3 Å². The van der Waals surface area contributed by atoms with E-state index in [4.69, 9.17) is 17.4 Å². The number of hydrogen-bond donors (Lipinski definition) is 2. The van der Waals surface area contributed by atoms with Gasteiger partial charge in [-0.1, -0.05) is 33.6 Å². The van der Waals surface area contributed by atoms with Gasteiger partial charge in [-0.3, -0.25) is 5.84 Å². The van der Waals surface area contributed by atoms with Crippen LogP contribution in [0, 0.1) is 18.6 Å². The van der Waals surface area contributed by atoms with Crippen LogP contribution in [0.3, 0.4) is 0 Å². The van der Waals surface area contributed by atoms with Crippen LogP contribution in [0.5, 0.6) is 0 Å². The smallest absolute Gasteiger partial charge is 0.134 e. The number of nitrogens with two attached hydrogens (primary N) is 1. The molecule has 0 fully saturated rings. The lowest BCUT2D eigenvalue weighted by molar-refractivity contribution is 0.506. The summed E-state index contributed by atoms with van der Waals surface area (Å²) in [6.45, 7) is 1.56. The van der Waals surface area contributed by atoms with Crippen LogP contribution in [0.4, 0.5) is 8.78 Å². The molecule has 0 saturated heterocycles. The van der Waals surface area contributed by atoms with Crippen molar-refractivity contribution in [1.82, 2.24) is 5.43 Å². The van der Waals surface area contributed by atoms with Gasteiger partial charge < -0.3 is 0 Å². The molecule has 2 aromatic carbocycles. The summed E-state index contributed by atoms with van der Waals surface area (Å²) in [5.41, 5.74) is 3.11. The Kier molecular flexibility index (Phi) is 4.75. The Bertz CT molecular complexity index is 649. The van der Waals surface area contributed by atoms with Gasteiger partial charge in [0.2, 0.25) is 0 Å². The van der Waals surface area contributed by atoms with E-state index in [1.54, 1.807) is 25.1 Å². The molecule has 0 spiro atoms. The largest absolute Gasteiger partial charge is 0.271 e. The van der Waals surface area contributed by atoms with E-state index in [9.17, 15) is 8.78 Å². The average molecular weight is 362 g/mol. The van der Waals surface area contributed by atoms with E-state index >= 15 is 0 Å². The molecular formula is C14H12BrClF2N2. The summed E-state index contributed by atoms with van der Waals surface area (Å²) in [7, 11) is 0. The maximum atomic E-state index is 14.2. The molecule has 0 aliphatic heterocycles. The highest BCUT2D eigenvalue weighted by Crippen LogP contribution is 2.33. The summed E-state index contributed by atoms with van der Waals surface area (Å²) in [4.78, 5) is 0. The van der Waals surface area contributed by atoms with Crippen molar-refractivity contribution < 1.29 is 8.78 Å². The van der Waals surface area contributed by atoms with Crippen molar-refractivity contribution in [3.8, 4) is 0 Å². The summed E-state index contributed by atoms with van der Waals surface area (Å²) >= 11 is 9.41. The Morgan fingerprint density at radius 1 is 1.25 bits per heavy atom. The molecule has 0 amide bonds. The number of nitrogens with one attached hydrogen (secondary N) is 1. The SMILES string of the molecule is Cc1ccc(F)c(C(NN)c2cc(Br)ccc2Cl)c1F. The maximum Gasteiger partial charge on any atom is 0.134 e. The number of benzene rings is 2. The maximum absolute atomic E-state index is 14.2. The standard InChI is InChI=1S/C14H12BrClF2N2/c1-7-2-5-11(17)12(13(7)18)14(20-19)9-6-8(15)3-4-10(9)16/h2-6,14,20H,19H2,1H3. The monoisotopic (exact) mass is 360 g/mol. The lowest BCUT2D eigenvalue weighted by atomic mass is 9.96. The molecule has 0 bridgehead atoms. The summed E-state index contributed by atoms with van der Waals surface area (Å²) in [6.07, 6.45) is 0. The second-order valence-corrected chi connectivity index (χ2v) is 5.68. The van der Waals surface area contributed by atoms with Crippen LogP contribution in [0.2, 0.25) is 5.02 Å². The molecule has 1 atom stereocenters. The molecule has 0 aromatic heterocycles. The number of hydrazine groups is 1. The predicted molar refractivity (Wildman–Crippen MR) is 79.4 cm³/mol. The van der Waals surface area contributed by atoms with Crippen LogP contribution in [-0.4, -0.2) is 0 Å². The van der Waals surface area contributed by atoms with Gasteiger partial charge in [0, 0.05) is 15.1 Å². The molecule has 0 heterocycles. The van der Waals surface area contributed by atoms with Gasteiger partial charge in [-0.05, 0) is 42.3 Å². The molecule has 20 heavy (non-hydrogen) atoms. The fourth-order valence-electron chi connectivity index (χ4n) is 2.01. The summed E-state index contributed by atoms with van der Waals surface area (Å²) < 4.78 is 29.0. The van der Waals surface area contributed by atoms with Crippen molar-refractivity contribution in [2.75, 3.05) is 0 Å². The average Bonchev–Trinajstić information content (AvgIpc) is 2.42. The van der Waals surface area contributed by atoms with Crippen molar-refractivity contribution in [2.45, 2.75) is 13.0 Å². The second kappa shape index (κ2) is 6.18. The molecule has 0 aliphatic rings. The van der Waals surface area contributed by atoms with E-state index in [-0.39, 0.29) is 5.56 Å². The zero-order chi connectivity index (χ0) is 14.9. The zero-order valence-electron chi connectivity index (χ0n) is 10.6. The fraction of sp³-hybridized carbons (Fsp3) is 0.143. The van der Waals surface area contributed by atoms with Gasteiger partial charge in [0.25, 0.3) is 0 Å². The van der Waals surface area contributed by atoms with Crippen molar-refractivity contribution in [3.63, 3.8) is 0 Å². The summed E-state index contributed by atoms with van der Waals surface area (Å²) in [5.74, 6) is 4.18. The van der Waals surface area contributed by atoms with Crippen molar-refractivity contribution in [2.24, 2.45) is 5.84 Å². The Morgan fingerprint density at radius 3 is 2.60 bits per heavy atom. The van der Waals surface area contributed by atoms with E-state index in [1.807, 2.05) is 0 Å². The van der Waals surface area contributed by atoms with Crippen LogP contribution in [0.15, 0.2) is 34.8 Å². The molecular weight excluding hydrogens is 350 g/mol. The highest BCUT2D eigenvalue weighted by molar-refractivity contribution is 9.10. The van der Waals surface area contributed by atoms with Gasteiger partial charge >= 0.3 is 0 Å². The Labute approximate surface area is 129 Å². The predicted octanol–water partition coefficient (Wildman–Crippen LogP) is 4.24. The zero-order valence-corrected chi connectivity index (χ0v) is 12.9. The first-order valence-electron chi connectivity index (χ1n) is 5.81. The lowest BCUT2D eigenvalue weighted by Gasteiger charge is -2.20. The fourth-order valence-corrected chi connectivity index (χ4v) is 2.61. The van der Waals surface area contributed by atoms with Gasteiger partial charge in [0.05, 0.1) is 6.04 Å². The normalized spacial score (nSPS) is 12.5. The highest BCUT2D eigenvalue weighted by Gasteiger charge is 2.24. The Balaban J connectivity index is 2.64. The summed E-state index contributed by atoms with van der Waals surface area (Å²) in [6, 6.07) is 6.77. The Morgan fingerprint density at radius 2 is 1.95 bits per heavy atom. The molecule has 3 N–H and O–H groups in total.